The Hall–Kier alpha value is -6.22. The van der Waals surface area contributed by atoms with Crippen molar-refractivity contribution in [3.05, 3.63) is 188 Å². The molecule has 1 aromatic heterocycles. The van der Waals surface area contributed by atoms with E-state index in [0.29, 0.717) is 0 Å². The molecule has 0 fully saturated rings. The second kappa shape index (κ2) is 11.7. The standard InChI is InChI=1S/C48H31NS/c1-2-11-32(12-3-1)36-14-10-15-38(29-36)49(39-28-25-34-22-21-33-13-4-5-16-40(33)44(34)30-39)37-26-23-35(24-27-37)45-31-46-42-18-8-9-20-47(42)50-48(46)43-19-7-6-17-41(43)45/h1-31H. The molecule has 0 aliphatic rings. The maximum absolute atomic E-state index is 2.40. The van der Waals surface area contributed by atoms with Crippen LogP contribution in [0.15, 0.2) is 188 Å². The van der Waals surface area contributed by atoms with Gasteiger partial charge in [-0.15, -0.1) is 11.3 Å². The van der Waals surface area contributed by atoms with Gasteiger partial charge in [0.2, 0.25) is 0 Å². The fourth-order valence-corrected chi connectivity index (χ4v) is 8.83. The third-order valence-corrected chi connectivity index (χ3v) is 11.2. The highest BCUT2D eigenvalue weighted by Gasteiger charge is 2.17. The molecule has 10 aromatic rings. The van der Waals surface area contributed by atoms with Crippen molar-refractivity contribution in [1.29, 1.82) is 0 Å². The minimum absolute atomic E-state index is 1.12. The zero-order chi connectivity index (χ0) is 33.0. The number of fused-ring (bicyclic) bond motifs is 8. The monoisotopic (exact) mass is 653 g/mol. The van der Waals surface area contributed by atoms with Gasteiger partial charge in [-0.25, -0.2) is 0 Å². The van der Waals surface area contributed by atoms with Crippen LogP contribution in [0.3, 0.4) is 0 Å². The van der Waals surface area contributed by atoms with Gasteiger partial charge in [-0.2, -0.15) is 0 Å². The fraction of sp³-hybridized carbons (Fsp3) is 0. The van der Waals surface area contributed by atoms with E-state index in [-0.39, 0.29) is 0 Å². The molecule has 1 nitrogen and oxygen atoms in total. The maximum Gasteiger partial charge on any atom is 0.0468 e. The van der Waals surface area contributed by atoms with Gasteiger partial charge in [-0.05, 0) is 97.7 Å². The Balaban J connectivity index is 1.15. The van der Waals surface area contributed by atoms with Crippen molar-refractivity contribution in [2.75, 3.05) is 4.90 Å². The summed E-state index contributed by atoms with van der Waals surface area (Å²) in [6.45, 7) is 0. The largest absolute Gasteiger partial charge is 0.310 e. The Morgan fingerprint density at radius 3 is 1.78 bits per heavy atom. The number of nitrogens with zero attached hydrogens (tertiary/aromatic N) is 1. The molecule has 1 heterocycles. The Bertz CT molecular complexity index is 2870. The highest BCUT2D eigenvalue weighted by molar-refractivity contribution is 7.26. The quantitative estimate of drug-likeness (QED) is 0.167. The van der Waals surface area contributed by atoms with E-state index >= 15 is 0 Å². The first-order chi connectivity index (χ1) is 24.8. The molecule has 0 saturated heterocycles. The van der Waals surface area contributed by atoms with Crippen LogP contribution in [0.4, 0.5) is 17.1 Å². The van der Waals surface area contributed by atoms with Crippen LogP contribution in [0.5, 0.6) is 0 Å². The molecule has 0 bridgehead atoms. The van der Waals surface area contributed by atoms with Gasteiger partial charge in [-0.3, -0.25) is 0 Å². The van der Waals surface area contributed by atoms with Gasteiger partial charge in [0.25, 0.3) is 0 Å². The predicted octanol–water partition coefficient (Wildman–Crippen LogP) is 14.3. The Kier molecular flexibility index (Phi) is 6.75. The summed E-state index contributed by atoms with van der Waals surface area (Å²) in [6, 6.07) is 68.7. The number of hydrogen-bond acceptors (Lipinski definition) is 2. The summed E-state index contributed by atoms with van der Waals surface area (Å²) in [7, 11) is 0. The van der Waals surface area contributed by atoms with E-state index in [4.69, 9.17) is 0 Å². The van der Waals surface area contributed by atoms with E-state index < -0.39 is 0 Å². The Morgan fingerprint density at radius 2 is 0.940 bits per heavy atom. The first-order valence-corrected chi connectivity index (χ1v) is 17.9. The zero-order valence-corrected chi connectivity index (χ0v) is 28.1. The normalized spacial score (nSPS) is 11.6. The Morgan fingerprint density at radius 1 is 0.320 bits per heavy atom. The molecule has 0 unspecified atom stereocenters. The summed E-state index contributed by atoms with van der Waals surface area (Å²) in [5.41, 5.74) is 8.24. The topological polar surface area (TPSA) is 3.24 Å². The molecular weight excluding hydrogens is 623 g/mol. The minimum Gasteiger partial charge on any atom is -0.310 e. The first-order valence-electron chi connectivity index (χ1n) is 17.1. The predicted molar refractivity (Wildman–Crippen MR) is 217 cm³/mol. The zero-order valence-electron chi connectivity index (χ0n) is 27.3. The van der Waals surface area contributed by atoms with Crippen molar-refractivity contribution >= 4 is 80.9 Å². The fourth-order valence-electron chi connectivity index (χ4n) is 7.61. The van der Waals surface area contributed by atoms with Crippen LogP contribution in [0.25, 0.3) is 74.7 Å². The van der Waals surface area contributed by atoms with Crippen LogP contribution in [0, 0.1) is 0 Å². The third kappa shape index (κ3) is 4.76. The van der Waals surface area contributed by atoms with E-state index in [1.807, 2.05) is 11.3 Å². The number of anilines is 3. The summed E-state index contributed by atoms with van der Waals surface area (Å²) in [5.74, 6) is 0. The van der Waals surface area contributed by atoms with Crippen molar-refractivity contribution in [2.45, 2.75) is 0 Å². The lowest BCUT2D eigenvalue weighted by Crippen LogP contribution is -2.10. The summed E-state index contributed by atoms with van der Waals surface area (Å²) in [6.07, 6.45) is 0. The second-order valence-corrected chi connectivity index (χ2v) is 14.0. The molecule has 2 heteroatoms. The van der Waals surface area contributed by atoms with Gasteiger partial charge in [0, 0.05) is 42.6 Å². The van der Waals surface area contributed by atoms with Gasteiger partial charge in [0.05, 0.1) is 0 Å². The number of benzene rings is 9. The molecule has 0 aliphatic heterocycles. The second-order valence-electron chi connectivity index (χ2n) is 12.9. The summed E-state index contributed by atoms with van der Waals surface area (Å²) in [5, 5.41) is 10.3. The molecule has 0 spiro atoms. The van der Waals surface area contributed by atoms with Crippen LogP contribution in [-0.4, -0.2) is 0 Å². The summed E-state index contributed by atoms with van der Waals surface area (Å²) in [4.78, 5) is 2.39. The molecule has 0 atom stereocenters. The van der Waals surface area contributed by atoms with Crippen molar-refractivity contribution in [3.8, 4) is 22.3 Å². The van der Waals surface area contributed by atoms with Crippen LogP contribution in [0.2, 0.25) is 0 Å². The number of hydrogen-bond donors (Lipinski definition) is 0. The van der Waals surface area contributed by atoms with Crippen LogP contribution >= 0.6 is 11.3 Å². The van der Waals surface area contributed by atoms with Gasteiger partial charge >= 0.3 is 0 Å². The number of rotatable bonds is 5. The molecule has 10 rings (SSSR count). The summed E-state index contributed by atoms with van der Waals surface area (Å²) >= 11 is 1.89. The van der Waals surface area contributed by atoms with Crippen LogP contribution < -0.4 is 4.90 Å². The molecule has 0 saturated carbocycles. The smallest absolute Gasteiger partial charge is 0.0468 e. The van der Waals surface area contributed by atoms with Crippen LogP contribution in [0.1, 0.15) is 0 Å². The average molecular weight is 654 g/mol. The highest BCUT2D eigenvalue weighted by Crippen LogP contribution is 2.44. The highest BCUT2D eigenvalue weighted by atomic mass is 32.1. The molecule has 9 aromatic carbocycles. The maximum atomic E-state index is 2.40. The lowest BCUT2D eigenvalue weighted by molar-refractivity contribution is 1.29. The minimum atomic E-state index is 1.12. The van der Waals surface area contributed by atoms with Crippen LogP contribution in [-0.2, 0) is 0 Å². The van der Waals surface area contributed by atoms with E-state index in [9.17, 15) is 0 Å². The molecule has 0 aliphatic carbocycles. The molecule has 0 amide bonds. The molecule has 0 N–H and O–H groups in total. The SMILES string of the molecule is c1ccc(-c2cccc(N(c3ccc(-c4cc5c6ccccc6sc5c5ccccc45)cc3)c3ccc4ccc5ccccc5c4c3)c2)cc1. The first kappa shape index (κ1) is 28.8. The molecular formula is C48H31NS. The number of thiophene rings is 1. The van der Waals surface area contributed by atoms with Crippen molar-refractivity contribution in [1.82, 2.24) is 0 Å². The van der Waals surface area contributed by atoms with Crippen molar-refractivity contribution in [3.63, 3.8) is 0 Å². The van der Waals surface area contributed by atoms with Gasteiger partial charge in [0.1, 0.15) is 0 Å². The third-order valence-electron chi connectivity index (χ3n) is 10.0. The van der Waals surface area contributed by atoms with Crippen molar-refractivity contribution in [2.24, 2.45) is 0 Å². The average Bonchev–Trinajstić information content (AvgIpc) is 3.57. The van der Waals surface area contributed by atoms with Gasteiger partial charge in [-0.1, -0.05) is 140 Å². The Labute approximate surface area is 294 Å². The van der Waals surface area contributed by atoms with E-state index in [0.717, 1.165) is 17.1 Å². The lowest BCUT2D eigenvalue weighted by Gasteiger charge is -2.27. The summed E-state index contributed by atoms with van der Waals surface area (Å²) < 4.78 is 2.69. The van der Waals surface area contributed by atoms with E-state index in [2.05, 4.69) is 193 Å². The molecule has 50 heavy (non-hydrogen) atoms. The van der Waals surface area contributed by atoms with Gasteiger partial charge in [0.15, 0.2) is 0 Å². The van der Waals surface area contributed by atoms with E-state index in [1.54, 1.807) is 0 Å². The van der Waals surface area contributed by atoms with Crippen molar-refractivity contribution < 1.29 is 0 Å². The van der Waals surface area contributed by atoms with Gasteiger partial charge < -0.3 is 4.90 Å². The lowest BCUT2D eigenvalue weighted by atomic mass is 9.95. The molecule has 0 radical (unpaired) electrons. The van der Waals surface area contributed by atoms with E-state index in [1.165, 1.54) is 74.7 Å². The molecule has 234 valence electrons.